The van der Waals surface area contributed by atoms with Gasteiger partial charge in [-0.15, -0.1) is 0 Å². The molecule has 3 N–H and O–H groups in total. The Bertz CT molecular complexity index is 614. The lowest BCUT2D eigenvalue weighted by Gasteiger charge is -2.22. The van der Waals surface area contributed by atoms with Crippen molar-refractivity contribution in [3.05, 3.63) is 35.6 Å². The van der Waals surface area contributed by atoms with Gasteiger partial charge in [-0.3, -0.25) is 4.79 Å². The second-order valence-corrected chi connectivity index (χ2v) is 5.61. The molecule has 1 unspecified atom stereocenters. The number of aryl methyl sites for hydroxylation is 1. The van der Waals surface area contributed by atoms with Gasteiger partial charge >= 0.3 is 0 Å². The highest BCUT2D eigenvalue weighted by molar-refractivity contribution is 5.84. The third kappa shape index (κ3) is 2.70. The highest BCUT2D eigenvalue weighted by Gasteiger charge is 2.25. The smallest absolute Gasteiger partial charge is 0.237 e. The molecule has 1 aromatic heterocycles. The monoisotopic (exact) mass is 274 g/mol. The summed E-state index contributed by atoms with van der Waals surface area (Å²) in [5.74, 6) is 0.871. The highest BCUT2D eigenvalue weighted by atomic mass is 16.3. The number of carbonyl (C=O) groups is 1. The minimum absolute atomic E-state index is 0.163. The fourth-order valence-electron chi connectivity index (χ4n) is 2.31. The van der Waals surface area contributed by atoms with Crippen molar-refractivity contribution < 1.29 is 9.21 Å². The molecular weight excluding hydrogens is 252 g/mol. The van der Waals surface area contributed by atoms with Gasteiger partial charge in [0.15, 0.2) is 0 Å². The van der Waals surface area contributed by atoms with Gasteiger partial charge in [-0.1, -0.05) is 32.0 Å². The summed E-state index contributed by atoms with van der Waals surface area (Å²) in [5.41, 5.74) is 7.55. The van der Waals surface area contributed by atoms with Gasteiger partial charge in [0.25, 0.3) is 0 Å². The largest absolute Gasteiger partial charge is 0.459 e. The Kier molecular flexibility index (Phi) is 4.14. The average Bonchev–Trinajstić information content (AvgIpc) is 2.73. The van der Waals surface area contributed by atoms with Crippen molar-refractivity contribution in [3.63, 3.8) is 0 Å². The zero-order valence-corrected chi connectivity index (χ0v) is 12.4. The van der Waals surface area contributed by atoms with E-state index >= 15 is 0 Å². The normalized spacial score (nSPS) is 14.5. The molecule has 4 nitrogen and oxygen atoms in total. The summed E-state index contributed by atoms with van der Waals surface area (Å²) in [7, 11) is 0. The number of para-hydroxylation sites is 1. The summed E-state index contributed by atoms with van der Waals surface area (Å²) in [6, 6.07) is 7.21. The number of rotatable bonds is 4. The number of hydrogen-bond acceptors (Lipinski definition) is 3. The van der Waals surface area contributed by atoms with Crippen LogP contribution in [0.4, 0.5) is 0 Å². The lowest BCUT2D eigenvalue weighted by molar-refractivity contribution is -0.123. The SMILES string of the molecule is Cc1c(C(NC(=O)[C@@H](C)N)C(C)C)oc2ccccc12. The lowest BCUT2D eigenvalue weighted by atomic mass is 9.98. The zero-order valence-electron chi connectivity index (χ0n) is 12.4. The minimum atomic E-state index is -0.527. The highest BCUT2D eigenvalue weighted by Crippen LogP contribution is 2.32. The maximum atomic E-state index is 11.9. The van der Waals surface area contributed by atoms with E-state index in [-0.39, 0.29) is 17.9 Å². The van der Waals surface area contributed by atoms with E-state index in [0.717, 1.165) is 22.3 Å². The molecule has 0 saturated heterocycles. The Morgan fingerprint density at radius 3 is 2.45 bits per heavy atom. The van der Waals surface area contributed by atoms with E-state index in [1.165, 1.54) is 0 Å². The van der Waals surface area contributed by atoms with Gasteiger partial charge in [0, 0.05) is 10.9 Å². The van der Waals surface area contributed by atoms with Crippen LogP contribution in [0.3, 0.4) is 0 Å². The molecule has 0 aliphatic rings. The summed E-state index contributed by atoms with van der Waals surface area (Å²) >= 11 is 0. The molecule has 0 spiro atoms. The Labute approximate surface area is 119 Å². The van der Waals surface area contributed by atoms with Crippen molar-refractivity contribution in [2.24, 2.45) is 11.7 Å². The predicted octanol–water partition coefficient (Wildman–Crippen LogP) is 2.90. The fourth-order valence-corrected chi connectivity index (χ4v) is 2.31. The molecule has 0 fully saturated rings. The number of benzene rings is 1. The molecule has 2 atom stereocenters. The van der Waals surface area contributed by atoms with Gasteiger partial charge in [0.1, 0.15) is 11.3 Å². The zero-order chi connectivity index (χ0) is 14.9. The van der Waals surface area contributed by atoms with Crippen LogP contribution in [0.25, 0.3) is 11.0 Å². The number of nitrogens with one attached hydrogen (secondary N) is 1. The van der Waals surface area contributed by atoms with Crippen LogP contribution in [0.15, 0.2) is 28.7 Å². The molecule has 1 heterocycles. The quantitative estimate of drug-likeness (QED) is 0.900. The van der Waals surface area contributed by atoms with Crippen molar-refractivity contribution >= 4 is 16.9 Å². The van der Waals surface area contributed by atoms with Gasteiger partial charge in [-0.25, -0.2) is 0 Å². The van der Waals surface area contributed by atoms with Crippen LogP contribution >= 0.6 is 0 Å². The van der Waals surface area contributed by atoms with E-state index in [4.69, 9.17) is 10.2 Å². The second-order valence-electron chi connectivity index (χ2n) is 5.61. The van der Waals surface area contributed by atoms with Crippen molar-refractivity contribution in [3.8, 4) is 0 Å². The number of carbonyl (C=O) groups excluding carboxylic acids is 1. The first-order valence-electron chi connectivity index (χ1n) is 6.95. The summed E-state index contributed by atoms with van der Waals surface area (Å²) < 4.78 is 5.95. The van der Waals surface area contributed by atoms with Crippen LogP contribution < -0.4 is 11.1 Å². The standard InChI is InChI=1S/C16H22N2O2/c1-9(2)14(18-16(19)11(4)17)15-10(3)12-7-5-6-8-13(12)20-15/h5-9,11,14H,17H2,1-4H3,(H,18,19)/t11-,14?/m1/s1. The first-order valence-corrected chi connectivity index (χ1v) is 6.95. The minimum Gasteiger partial charge on any atom is -0.459 e. The second kappa shape index (κ2) is 5.67. The Hall–Kier alpha value is -1.81. The molecule has 1 aromatic carbocycles. The molecule has 1 amide bonds. The molecule has 0 radical (unpaired) electrons. The molecule has 108 valence electrons. The molecule has 0 bridgehead atoms. The van der Waals surface area contributed by atoms with E-state index < -0.39 is 6.04 Å². The third-order valence-corrected chi connectivity index (χ3v) is 3.54. The lowest BCUT2D eigenvalue weighted by Crippen LogP contribution is -2.41. The van der Waals surface area contributed by atoms with Crippen molar-refractivity contribution in [2.75, 3.05) is 0 Å². The molecule has 4 heteroatoms. The number of hydrogen-bond donors (Lipinski definition) is 2. The molecular formula is C16H22N2O2. The summed E-state index contributed by atoms with van der Waals surface area (Å²) in [4.78, 5) is 11.9. The topological polar surface area (TPSA) is 68.3 Å². The third-order valence-electron chi connectivity index (χ3n) is 3.54. The van der Waals surface area contributed by atoms with Gasteiger partial charge in [-0.05, 0) is 25.8 Å². The molecule has 2 rings (SSSR count). The van der Waals surface area contributed by atoms with Gasteiger partial charge in [0.05, 0.1) is 12.1 Å². The number of fused-ring (bicyclic) bond motifs is 1. The number of furan rings is 1. The van der Waals surface area contributed by atoms with Crippen LogP contribution in [0.5, 0.6) is 0 Å². The van der Waals surface area contributed by atoms with Crippen LogP contribution in [0.2, 0.25) is 0 Å². The average molecular weight is 274 g/mol. The summed E-state index contributed by atoms with van der Waals surface area (Å²) in [6.07, 6.45) is 0. The van der Waals surface area contributed by atoms with E-state index in [9.17, 15) is 4.79 Å². The summed E-state index contributed by atoms with van der Waals surface area (Å²) in [5, 5.41) is 4.06. The van der Waals surface area contributed by atoms with Crippen LogP contribution in [0, 0.1) is 12.8 Å². The van der Waals surface area contributed by atoms with Crippen LogP contribution in [0.1, 0.15) is 38.1 Å². The van der Waals surface area contributed by atoms with Crippen molar-refractivity contribution in [1.29, 1.82) is 0 Å². The molecule has 20 heavy (non-hydrogen) atoms. The molecule has 0 aliphatic heterocycles. The number of amides is 1. The fraction of sp³-hybridized carbons (Fsp3) is 0.438. The molecule has 2 aromatic rings. The summed E-state index contributed by atoms with van der Waals surface area (Å²) in [6.45, 7) is 7.81. The Morgan fingerprint density at radius 1 is 1.25 bits per heavy atom. The van der Waals surface area contributed by atoms with Crippen LogP contribution in [-0.4, -0.2) is 11.9 Å². The Morgan fingerprint density at radius 2 is 1.90 bits per heavy atom. The predicted molar refractivity (Wildman–Crippen MR) is 80.3 cm³/mol. The van der Waals surface area contributed by atoms with Gasteiger partial charge in [0.2, 0.25) is 5.91 Å². The van der Waals surface area contributed by atoms with Crippen LogP contribution in [-0.2, 0) is 4.79 Å². The number of nitrogens with two attached hydrogens (primary N) is 1. The van der Waals surface area contributed by atoms with E-state index in [2.05, 4.69) is 19.2 Å². The van der Waals surface area contributed by atoms with Crippen molar-refractivity contribution in [2.45, 2.75) is 39.8 Å². The van der Waals surface area contributed by atoms with E-state index in [1.54, 1.807) is 6.92 Å². The molecule has 0 aliphatic carbocycles. The first kappa shape index (κ1) is 14.6. The Balaban J connectivity index is 2.41. The van der Waals surface area contributed by atoms with Crippen molar-refractivity contribution in [1.82, 2.24) is 5.32 Å². The van der Waals surface area contributed by atoms with E-state index in [0.29, 0.717) is 0 Å². The maximum Gasteiger partial charge on any atom is 0.237 e. The maximum absolute atomic E-state index is 11.9. The molecule has 0 saturated carbocycles. The van der Waals surface area contributed by atoms with Gasteiger partial charge in [-0.2, -0.15) is 0 Å². The first-order chi connectivity index (χ1) is 9.41. The van der Waals surface area contributed by atoms with Gasteiger partial charge < -0.3 is 15.5 Å². The van der Waals surface area contributed by atoms with E-state index in [1.807, 2.05) is 31.2 Å².